The molecule has 1 aliphatic carbocycles. The Morgan fingerprint density at radius 3 is 2.24 bits per heavy atom. The molecule has 2 aliphatic rings. The Balaban J connectivity index is 2.01. The SMILES string of the molecule is CC1CC(C)CN(C(=O)NC2(CC(=O)O)CCCCC2)C1. The smallest absolute Gasteiger partial charge is 0.317 e. The summed E-state index contributed by atoms with van der Waals surface area (Å²) in [5, 5.41) is 12.3. The zero-order chi connectivity index (χ0) is 15.5. The molecule has 0 aromatic heterocycles. The number of hydrogen-bond acceptors (Lipinski definition) is 2. The van der Waals surface area contributed by atoms with E-state index in [0.717, 1.165) is 51.6 Å². The van der Waals surface area contributed by atoms with Crippen LogP contribution in [0, 0.1) is 11.8 Å². The Labute approximate surface area is 127 Å². The number of urea groups is 1. The Kier molecular flexibility index (Phi) is 5.12. The monoisotopic (exact) mass is 296 g/mol. The molecule has 2 atom stereocenters. The molecular formula is C16H28N2O3. The summed E-state index contributed by atoms with van der Waals surface area (Å²) in [4.78, 5) is 25.6. The van der Waals surface area contributed by atoms with Crippen LogP contribution in [0.1, 0.15) is 58.8 Å². The molecule has 120 valence electrons. The van der Waals surface area contributed by atoms with Gasteiger partial charge in [-0.25, -0.2) is 4.79 Å². The van der Waals surface area contributed by atoms with Gasteiger partial charge in [-0.2, -0.15) is 0 Å². The highest BCUT2D eigenvalue weighted by Crippen LogP contribution is 2.32. The third-order valence-corrected chi connectivity index (χ3v) is 4.83. The molecule has 1 saturated carbocycles. The number of nitrogens with zero attached hydrogens (tertiary/aromatic N) is 1. The van der Waals surface area contributed by atoms with Crippen LogP contribution < -0.4 is 5.32 Å². The van der Waals surface area contributed by atoms with E-state index in [1.54, 1.807) is 0 Å². The summed E-state index contributed by atoms with van der Waals surface area (Å²) in [7, 11) is 0. The van der Waals surface area contributed by atoms with Gasteiger partial charge >= 0.3 is 12.0 Å². The van der Waals surface area contributed by atoms with Crippen molar-refractivity contribution in [3.05, 3.63) is 0 Å². The van der Waals surface area contributed by atoms with Crippen LogP contribution in [-0.4, -0.2) is 40.6 Å². The fourth-order valence-electron chi connectivity index (χ4n) is 4.00. The highest BCUT2D eigenvalue weighted by molar-refractivity contribution is 5.77. The van der Waals surface area contributed by atoms with Gasteiger partial charge in [0.15, 0.2) is 0 Å². The van der Waals surface area contributed by atoms with E-state index >= 15 is 0 Å². The molecule has 1 saturated heterocycles. The first-order chi connectivity index (χ1) is 9.90. The van der Waals surface area contributed by atoms with E-state index in [9.17, 15) is 14.7 Å². The van der Waals surface area contributed by atoms with Crippen molar-refractivity contribution in [1.82, 2.24) is 10.2 Å². The quantitative estimate of drug-likeness (QED) is 0.841. The van der Waals surface area contributed by atoms with Crippen molar-refractivity contribution in [1.29, 1.82) is 0 Å². The maximum Gasteiger partial charge on any atom is 0.317 e. The van der Waals surface area contributed by atoms with Gasteiger partial charge < -0.3 is 15.3 Å². The summed E-state index contributed by atoms with van der Waals surface area (Å²) in [6.07, 6.45) is 5.89. The van der Waals surface area contributed by atoms with Crippen molar-refractivity contribution in [2.45, 2.75) is 64.3 Å². The fourth-order valence-corrected chi connectivity index (χ4v) is 4.00. The number of likely N-dealkylation sites (tertiary alicyclic amines) is 1. The largest absolute Gasteiger partial charge is 0.481 e. The van der Waals surface area contributed by atoms with Crippen LogP contribution in [0.25, 0.3) is 0 Å². The molecule has 5 heteroatoms. The van der Waals surface area contributed by atoms with Crippen LogP contribution >= 0.6 is 0 Å². The summed E-state index contributed by atoms with van der Waals surface area (Å²) in [5.74, 6) is 0.208. The second kappa shape index (κ2) is 6.67. The lowest BCUT2D eigenvalue weighted by Crippen LogP contribution is -2.57. The minimum Gasteiger partial charge on any atom is -0.481 e. The lowest BCUT2D eigenvalue weighted by molar-refractivity contribution is -0.139. The lowest BCUT2D eigenvalue weighted by atomic mass is 9.79. The predicted molar refractivity (Wildman–Crippen MR) is 81.1 cm³/mol. The van der Waals surface area contributed by atoms with Gasteiger partial charge in [0, 0.05) is 13.1 Å². The summed E-state index contributed by atoms with van der Waals surface area (Å²) in [5.41, 5.74) is -0.537. The number of carbonyl (C=O) groups is 2. The first kappa shape index (κ1) is 16.1. The highest BCUT2D eigenvalue weighted by atomic mass is 16.4. The molecular weight excluding hydrogens is 268 g/mol. The van der Waals surface area contributed by atoms with Crippen LogP contribution in [0.3, 0.4) is 0 Å². The Bertz CT molecular complexity index is 381. The maximum atomic E-state index is 12.6. The van der Waals surface area contributed by atoms with E-state index < -0.39 is 11.5 Å². The summed E-state index contributed by atoms with van der Waals surface area (Å²) >= 11 is 0. The lowest BCUT2D eigenvalue weighted by Gasteiger charge is -2.41. The van der Waals surface area contributed by atoms with Crippen LogP contribution in [0.15, 0.2) is 0 Å². The number of aliphatic carboxylic acids is 1. The number of hydrogen-bond donors (Lipinski definition) is 2. The fraction of sp³-hybridized carbons (Fsp3) is 0.875. The number of nitrogens with one attached hydrogen (secondary N) is 1. The molecule has 2 N–H and O–H groups in total. The Morgan fingerprint density at radius 2 is 1.71 bits per heavy atom. The van der Waals surface area contributed by atoms with Gasteiger partial charge in [-0.15, -0.1) is 0 Å². The van der Waals surface area contributed by atoms with Gasteiger partial charge in [-0.3, -0.25) is 4.79 Å². The molecule has 2 rings (SSSR count). The van der Waals surface area contributed by atoms with Crippen LogP contribution in [0.2, 0.25) is 0 Å². The molecule has 0 aromatic carbocycles. The third kappa shape index (κ3) is 4.35. The highest BCUT2D eigenvalue weighted by Gasteiger charge is 2.37. The van der Waals surface area contributed by atoms with Crippen LogP contribution in [-0.2, 0) is 4.79 Å². The normalized spacial score (nSPS) is 29.0. The van der Waals surface area contributed by atoms with Crippen molar-refractivity contribution in [2.75, 3.05) is 13.1 Å². The van der Waals surface area contributed by atoms with E-state index in [-0.39, 0.29) is 12.5 Å². The summed E-state index contributed by atoms with van der Waals surface area (Å²) in [6, 6.07) is -0.0726. The standard InChI is InChI=1S/C16H28N2O3/c1-12-8-13(2)11-18(10-12)15(21)17-16(9-14(19)20)6-4-3-5-7-16/h12-13H,3-11H2,1-2H3,(H,17,21)(H,19,20). The number of amides is 2. The van der Waals surface area contributed by atoms with E-state index in [4.69, 9.17) is 0 Å². The van der Waals surface area contributed by atoms with Gasteiger partial charge in [0.1, 0.15) is 0 Å². The van der Waals surface area contributed by atoms with E-state index in [0.29, 0.717) is 11.8 Å². The topological polar surface area (TPSA) is 69.6 Å². The van der Waals surface area contributed by atoms with E-state index in [1.807, 2.05) is 4.90 Å². The first-order valence-electron chi connectivity index (χ1n) is 8.19. The zero-order valence-electron chi connectivity index (χ0n) is 13.2. The average molecular weight is 296 g/mol. The van der Waals surface area contributed by atoms with Crippen molar-refractivity contribution >= 4 is 12.0 Å². The number of rotatable bonds is 3. The van der Waals surface area contributed by atoms with Crippen molar-refractivity contribution in [2.24, 2.45) is 11.8 Å². The van der Waals surface area contributed by atoms with Gasteiger partial charge in [0.25, 0.3) is 0 Å². The predicted octanol–water partition coefficient (Wildman–Crippen LogP) is 2.85. The van der Waals surface area contributed by atoms with Crippen molar-refractivity contribution in [3.8, 4) is 0 Å². The van der Waals surface area contributed by atoms with E-state index in [2.05, 4.69) is 19.2 Å². The van der Waals surface area contributed by atoms with Gasteiger partial charge in [0.05, 0.1) is 12.0 Å². The molecule has 21 heavy (non-hydrogen) atoms. The number of carboxylic acid groups (broad SMARTS) is 1. The number of piperidine rings is 1. The Hall–Kier alpha value is -1.26. The van der Waals surface area contributed by atoms with Crippen LogP contribution in [0.4, 0.5) is 4.79 Å². The molecule has 1 aliphatic heterocycles. The van der Waals surface area contributed by atoms with Crippen LogP contribution in [0.5, 0.6) is 0 Å². The molecule has 0 aromatic rings. The third-order valence-electron chi connectivity index (χ3n) is 4.83. The molecule has 2 unspecified atom stereocenters. The maximum absolute atomic E-state index is 12.6. The summed E-state index contributed by atoms with van der Waals surface area (Å²) < 4.78 is 0. The minimum absolute atomic E-state index is 0.0394. The molecule has 2 fully saturated rings. The molecule has 0 bridgehead atoms. The molecule has 5 nitrogen and oxygen atoms in total. The summed E-state index contributed by atoms with van der Waals surface area (Å²) in [6.45, 7) is 5.89. The van der Waals surface area contributed by atoms with Gasteiger partial charge in [-0.05, 0) is 31.1 Å². The average Bonchev–Trinajstić information content (AvgIpc) is 2.37. The Morgan fingerprint density at radius 1 is 1.14 bits per heavy atom. The second-order valence-electron chi connectivity index (χ2n) is 7.19. The number of carboxylic acids is 1. The van der Waals surface area contributed by atoms with Crippen molar-refractivity contribution in [3.63, 3.8) is 0 Å². The molecule has 0 spiro atoms. The van der Waals surface area contributed by atoms with E-state index in [1.165, 1.54) is 0 Å². The second-order valence-corrected chi connectivity index (χ2v) is 7.19. The van der Waals surface area contributed by atoms with Crippen molar-refractivity contribution < 1.29 is 14.7 Å². The molecule has 1 heterocycles. The molecule has 0 radical (unpaired) electrons. The van der Waals surface area contributed by atoms with Gasteiger partial charge in [0.2, 0.25) is 0 Å². The minimum atomic E-state index is -0.822. The first-order valence-corrected chi connectivity index (χ1v) is 8.19. The van der Waals surface area contributed by atoms with Gasteiger partial charge in [-0.1, -0.05) is 33.1 Å². The number of carbonyl (C=O) groups excluding carboxylic acids is 1. The zero-order valence-corrected chi connectivity index (χ0v) is 13.2. The molecule has 2 amide bonds.